The van der Waals surface area contributed by atoms with Gasteiger partial charge in [0, 0.05) is 11.3 Å². The third-order valence-corrected chi connectivity index (χ3v) is 3.68. The number of anilines is 1. The maximum absolute atomic E-state index is 9.57. The highest BCUT2D eigenvalue weighted by Crippen LogP contribution is 2.28. The third kappa shape index (κ3) is 2.54. The van der Waals surface area contributed by atoms with E-state index in [0.29, 0.717) is 5.76 Å². The molecular formula is C15H19N3O2. The Morgan fingerprint density at radius 3 is 2.95 bits per heavy atom. The first-order chi connectivity index (χ1) is 9.78. The lowest BCUT2D eigenvalue weighted by atomic mass is 9.96. The molecule has 2 heterocycles. The number of nitrogens with zero attached hydrogens (tertiary/aromatic N) is 2. The topological polar surface area (TPSA) is 71.2 Å². The van der Waals surface area contributed by atoms with Gasteiger partial charge in [-0.2, -0.15) is 0 Å². The molecule has 0 aliphatic heterocycles. The standard InChI is InChI=1S/C15H19N3O2/c1-10-16-12-6-3-2-5-11(12)15(17-10)18-13(9-19)14-7-4-8-20-14/h4,7-8,13,19H,2-3,5-6,9H2,1H3,(H,16,17,18). The zero-order chi connectivity index (χ0) is 13.9. The summed E-state index contributed by atoms with van der Waals surface area (Å²) in [5.41, 5.74) is 2.33. The van der Waals surface area contributed by atoms with Crippen LogP contribution in [0.3, 0.4) is 0 Å². The molecule has 2 aromatic rings. The lowest BCUT2D eigenvalue weighted by molar-refractivity contribution is 0.261. The number of aryl methyl sites for hydroxylation is 2. The molecule has 1 atom stereocenters. The molecule has 106 valence electrons. The third-order valence-electron chi connectivity index (χ3n) is 3.68. The molecule has 1 aliphatic rings. The summed E-state index contributed by atoms with van der Waals surface area (Å²) in [6.07, 6.45) is 5.97. The van der Waals surface area contributed by atoms with Crippen molar-refractivity contribution in [2.75, 3.05) is 11.9 Å². The molecule has 2 aromatic heterocycles. The van der Waals surface area contributed by atoms with Gasteiger partial charge in [0.05, 0.1) is 12.9 Å². The first-order valence-electron chi connectivity index (χ1n) is 7.05. The fraction of sp³-hybridized carbons (Fsp3) is 0.467. The molecule has 0 amide bonds. The molecule has 20 heavy (non-hydrogen) atoms. The molecule has 0 fully saturated rings. The highest BCUT2D eigenvalue weighted by Gasteiger charge is 2.20. The van der Waals surface area contributed by atoms with Gasteiger partial charge < -0.3 is 14.8 Å². The highest BCUT2D eigenvalue weighted by molar-refractivity contribution is 5.49. The quantitative estimate of drug-likeness (QED) is 0.895. The molecule has 0 saturated carbocycles. The summed E-state index contributed by atoms with van der Waals surface area (Å²) in [4.78, 5) is 9.04. The zero-order valence-electron chi connectivity index (χ0n) is 11.6. The van der Waals surface area contributed by atoms with E-state index in [4.69, 9.17) is 4.42 Å². The van der Waals surface area contributed by atoms with Crippen LogP contribution in [0.4, 0.5) is 5.82 Å². The molecule has 0 aromatic carbocycles. The summed E-state index contributed by atoms with van der Waals surface area (Å²) in [5, 5.41) is 12.9. The van der Waals surface area contributed by atoms with Crippen molar-refractivity contribution in [3.63, 3.8) is 0 Å². The van der Waals surface area contributed by atoms with E-state index in [1.54, 1.807) is 6.26 Å². The lowest BCUT2D eigenvalue weighted by Crippen LogP contribution is -2.19. The maximum atomic E-state index is 9.57. The Hall–Kier alpha value is -1.88. The predicted molar refractivity (Wildman–Crippen MR) is 75.6 cm³/mol. The fourth-order valence-corrected chi connectivity index (χ4v) is 2.70. The molecule has 1 unspecified atom stereocenters. The summed E-state index contributed by atoms with van der Waals surface area (Å²) in [6, 6.07) is 3.40. The second-order valence-corrected chi connectivity index (χ2v) is 5.15. The van der Waals surface area contributed by atoms with Crippen LogP contribution >= 0.6 is 0 Å². The van der Waals surface area contributed by atoms with E-state index in [9.17, 15) is 5.11 Å². The van der Waals surface area contributed by atoms with Gasteiger partial charge in [-0.05, 0) is 44.7 Å². The van der Waals surface area contributed by atoms with Gasteiger partial charge in [0.1, 0.15) is 23.4 Å². The number of aromatic nitrogens is 2. The average molecular weight is 273 g/mol. The maximum Gasteiger partial charge on any atom is 0.133 e. The van der Waals surface area contributed by atoms with E-state index in [0.717, 1.165) is 30.2 Å². The molecule has 1 aliphatic carbocycles. The number of nitrogens with one attached hydrogen (secondary N) is 1. The van der Waals surface area contributed by atoms with Crippen molar-refractivity contribution in [1.82, 2.24) is 9.97 Å². The van der Waals surface area contributed by atoms with Gasteiger partial charge >= 0.3 is 0 Å². The summed E-state index contributed by atoms with van der Waals surface area (Å²) < 4.78 is 5.37. The van der Waals surface area contributed by atoms with Crippen molar-refractivity contribution in [2.24, 2.45) is 0 Å². The minimum atomic E-state index is -0.273. The molecule has 0 bridgehead atoms. The molecule has 3 rings (SSSR count). The van der Waals surface area contributed by atoms with Crippen molar-refractivity contribution in [3.05, 3.63) is 41.2 Å². The van der Waals surface area contributed by atoms with Gasteiger partial charge in [-0.3, -0.25) is 0 Å². The first kappa shape index (κ1) is 13.1. The Balaban J connectivity index is 1.91. The van der Waals surface area contributed by atoms with Crippen LogP contribution in [0, 0.1) is 6.92 Å². The molecule has 0 spiro atoms. The van der Waals surface area contributed by atoms with Crippen LogP contribution in [0.1, 0.15) is 41.7 Å². The van der Waals surface area contributed by atoms with Gasteiger partial charge in [0.25, 0.3) is 0 Å². The Labute approximate surface area is 118 Å². The largest absolute Gasteiger partial charge is 0.467 e. The predicted octanol–water partition coefficient (Wildman–Crippen LogP) is 2.40. The van der Waals surface area contributed by atoms with Gasteiger partial charge in [0.15, 0.2) is 0 Å². The van der Waals surface area contributed by atoms with Crippen molar-refractivity contribution in [2.45, 2.75) is 38.6 Å². The summed E-state index contributed by atoms with van der Waals surface area (Å²) in [7, 11) is 0. The molecule has 0 radical (unpaired) electrons. The normalized spacial score (nSPS) is 15.7. The van der Waals surface area contributed by atoms with Gasteiger partial charge in [-0.1, -0.05) is 0 Å². The second kappa shape index (κ2) is 5.63. The van der Waals surface area contributed by atoms with Crippen LogP contribution in [0.25, 0.3) is 0 Å². The SMILES string of the molecule is Cc1nc2c(c(NC(CO)c3ccco3)n1)CCCC2. The number of hydrogen-bond acceptors (Lipinski definition) is 5. The van der Waals surface area contributed by atoms with E-state index >= 15 is 0 Å². The van der Waals surface area contributed by atoms with Crippen LogP contribution in [0.5, 0.6) is 0 Å². The molecular weight excluding hydrogens is 254 g/mol. The molecule has 2 N–H and O–H groups in total. The van der Waals surface area contributed by atoms with Crippen molar-refractivity contribution in [1.29, 1.82) is 0 Å². The second-order valence-electron chi connectivity index (χ2n) is 5.15. The van der Waals surface area contributed by atoms with E-state index in [2.05, 4.69) is 15.3 Å². The van der Waals surface area contributed by atoms with Gasteiger partial charge in [0.2, 0.25) is 0 Å². The smallest absolute Gasteiger partial charge is 0.133 e. The minimum Gasteiger partial charge on any atom is -0.467 e. The number of aliphatic hydroxyl groups is 1. The number of rotatable bonds is 4. The fourth-order valence-electron chi connectivity index (χ4n) is 2.70. The number of aliphatic hydroxyl groups excluding tert-OH is 1. The van der Waals surface area contributed by atoms with Crippen molar-refractivity contribution >= 4 is 5.82 Å². The van der Waals surface area contributed by atoms with Gasteiger partial charge in [-0.15, -0.1) is 0 Å². The number of fused-ring (bicyclic) bond motifs is 1. The Morgan fingerprint density at radius 1 is 1.35 bits per heavy atom. The van der Waals surface area contributed by atoms with E-state index in [1.165, 1.54) is 18.4 Å². The first-order valence-corrected chi connectivity index (χ1v) is 7.05. The molecule has 0 saturated heterocycles. The Morgan fingerprint density at radius 2 is 2.20 bits per heavy atom. The Bertz CT molecular complexity index is 581. The highest BCUT2D eigenvalue weighted by atomic mass is 16.3. The van der Waals surface area contributed by atoms with Crippen LogP contribution in [-0.4, -0.2) is 21.7 Å². The van der Waals surface area contributed by atoms with Crippen LogP contribution < -0.4 is 5.32 Å². The summed E-state index contributed by atoms with van der Waals surface area (Å²) >= 11 is 0. The molecule has 5 nitrogen and oxygen atoms in total. The lowest BCUT2D eigenvalue weighted by Gasteiger charge is -2.22. The molecule has 5 heteroatoms. The number of furan rings is 1. The van der Waals surface area contributed by atoms with Crippen molar-refractivity contribution < 1.29 is 9.52 Å². The van der Waals surface area contributed by atoms with Crippen LogP contribution in [0.15, 0.2) is 22.8 Å². The zero-order valence-corrected chi connectivity index (χ0v) is 11.6. The van der Waals surface area contributed by atoms with E-state index < -0.39 is 0 Å². The minimum absolute atomic E-state index is 0.0364. The van der Waals surface area contributed by atoms with Gasteiger partial charge in [-0.25, -0.2) is 9.97 Å². The summed E-state index contributed by atoms with van der Waals surface area (Å²) in [6.45, 7) is 1.87. The van der Waals surface area contributed by atoms with Crippen LogP contribution in [-0.2, 0) is 12.8 Å². The number of hydrogen-bond donors (Lipinski definition) is 2. The van der Waals surface area contributed by atoms with E-state index in [1.807, 2.05) is 19.1 Å². The Kier molecular flexibility index (Phi) is 3.69. The van der Waals surface area contributed by atoms with Crippen molar-refractivity contribution in [3.8, 4) is 0 Å². The summed E-state index contributed by atoms with van der Waals surface area (Å²) in [5.74, 6) is 2.32. The average Bonchev–Trinajstić information content (AvgIpc) is 2.98. The monoisotopic (exact) mass is 273 g/mol. The van der Waals surface area contributed by atoms with Crippen LogP contribution in [0.2, 0.25) is 0 Å². The van der Waals surface area contributed by atoms with E-state index in [-0.39, 0.29) is 12.6 Å².